The van der Waals surface area contributed by atoms with Crippen molar-refractivity contribution in [2.24, 2.45) is 0 Å². The van der Waals surface area contributed by atoms with Crippen molar-refractivity contribution in [3.8, 4) is 0 Å². The molecule has 0 unspecified atom stereocenters. The Morgan fingerprint density at radius 3 is 2.70 bits per heavy atom. The molecule has 0 spiro atoms. The van der Waals surface area contributed by atoms with Gasteiger partial charge in [-0.1, -0.05) is 17.8 Å². The lowest BCUT2D eigenvalue weighted by Gasteiger charge is -2.15. The van der Waals surface area contributed by atoms with Crippen LogP contribution < -0.4 is 5.32 Å². The van der Waals surface area contributed by atoms with Crippen LogP contribution >= 0.6 is 23.5 Å². The molecule has 1 saturated heterocycles. The van der Waals surface area contributed by atoms with Gasteiger partial charge >= 0.3 is 0 Å². The van der Waals surface area contributed by atoms with Gasteiger partial charge < -0.3 is 5.32 Å². The van der Waals surface area contributed by atoms with Crippen LogP contribution in [0.25, 0.3) is 0 Å². The third kappa shape index (κ3) is 4.75. The summed E-state index contributed by atoms with van der Waals surface area (Å²) in [6.45, 7) is 6.47. The van der Waals surface area contributed by atoms with E-state index in [2.05, 4.69) is 18.3 Å². The fourth-order valence-electron chi connectivity index (χ4n) is 2.08. The van der Waals surface area contributed by atoms with Crippen molar-refractivity contribution in [3.05, 3.63) is 29.3 Å². The summed E-state index contributed by atoms with van der Waals surface area (Å²) in [5, 5.41) is 2.31. The average molecular weight is 352 g/mol. The quantitative estimate of drug-likeness (QED) is 0.797. The number of carbonyl (C=O) groups excluding carboxylic acids is 3. The van der Waals surface area contributed by atoms with Gasteiger partial charge in [-0.15, -0.1) is 11.8 Å². The highest BCUT2D eigenvalue weighted by atomic mass is 32.2. The first kappa shape index (κ1) is 17.9. The molecule has 23 heavy (non-hydrogen) atoms. The summed E-state index contributed by atoms with van der Waals surface area (Å²) < 4.78 is 0. The highest BCUT2D eigenvalue weighted by molar-refractivity contribution is 8.14. The van der Waals surface area contributed by atoms with Gasteiger partial charge in [0.15, 0.2) is 0 Å². The summed E-state index contributed by atoms with van der Waals surface area (Å²) in [6.07, 6.45) is 0. The molecule has 1 aromatic rings. The summed E-state index contributed by atoms with van der Waals surface area (Å²) in [4.78, 5) is 37.3. The van der Waals surface area contributed by atoms with Gasteiger partial charge in [-0.2, -0.15) is 0 Å². The van der Waals surface area contributed by atoms with E-state index >= 15 is 0 Å². The SMILES string of the molecule is Cc1ccc(S[C@H](C)C(=O)NCCN2C(=O)CSC2=O)cc1C. The van der Waals surface area contributed by atoms with Crippen molar-refractivity contribution in [1.82, 2.24) is 10.2 Å². The minimum absolute atomic E-state index is 0.0972. The van der Waals surface area contributed by atoms with Gasteiger partial charge in [0.2, 0.25) is 11.8 Å². The Morgan fingerprint density at radius 2 is 2.09 bits per heavy atom. The van der Waals surface area contributed by atoms with Crippen LogP contribution in [0.3, 0.4) is 0 Å². The van der Waals surface area contributed by atoms with E-state index in [-0.39, 0.29) is 41.1 Å². The first-order valence-electron chi connectivity index (χ1n) is 7.37. The lowest BCUT2D eigenvalue weighted by molar-refractivity contribution is -0.125. The molecule has 2 rings (SSSR count). The normalized spacial score (nSPS) is 15.9. The van der Waals surface area contributed by atoms with Crippen LogP contribution in [-0.4, -0.2) is 46.0 Å². The third-order valence-corrected chi connectivity index (χ3v) is 5.59. The molecule has 5 nitrogen and oxygen atoms in total. The molecule has 0 radical (unpaired) electrons. The molecule has 1 N–H and O–H groups in total. The lowest BCUT2D eigenvalue weighted by atomic mass is 10.1. The summed E-state index contributed by atoms with van der Waals surface area (Å²) in [7, 11) is 0. The standard InChI is InChI=1S/C16H20N2O3S2/c1-10-4-5-13(8-11(10)2)23-12(3)15(20)17-6-7-18-14(19)9-22-16(18)21/h4-5,8,12H,6-7,9H2,1-3H3,(H,17,20)/t12-/m1/s1. The lowest BCUT2D eigenvalue weighted by Crippen LogP contribution is -2.39. The van der Waals surface area contributed by atoms with Crippen LogP contribution in [0.4, 0.5) is 4.79 Å². The molecular weight excluding hydrogens is 332 g/mol. The van der Waals surface area contributed by atoms with Crippen molar-refractivity contribution < 1.29 is 14.4 Å². The van der Waals surface area contributed by atoms with E-state index in [0.29, 0.717) is 0 Å². The van der Waals surface area contributed by atoms with E-state index < -0.39 is 0 Å². The zero-order valence-electron chi connectivity index (χ0n) is 13.4. The number of imide groups is 1. The predicted molar refractivity (Wildman–Crippen MR) is 93.8 cm³/mol. The topological polar surface area (TPSA) is 66.5 Å². The van der Waals surface area contributed by atoms with E-state index in [4.69, 9.17) is 0 Å². The number of nitrogens with zero attached hydrogens (tertiary/aromatic N) is 1. The minimum Gasteiger partial charge on any atom is -0.353 e. The maximum absolute atomic E-state index is 12.1. The number of aryl methyl sites for hydroxylation is 2. The Kier molecular flexibility index (Phi) is 6.12. The van der Waals surface area contributed by atoms with Crippen LogP contribution in [0.5, 0.6) is 0 Å². The maximum Gasteiger partial charge on any atom is 0.288 e. The monoisotopic (exact) mass is 352 g/mol. The number of hydrogen-bond acceptors (Lipinski definition) is 5. The molecule has 1 heterocycles. The second-order valence-electron chi connectivity index (χ2n) is 5.40. The summed E-state index contributed by atoms with van der Waals surface area (Å²) in [5.74, 6) is -0.0852. The molecule has 1 aliphatic rings. The molecule has 124 valence electrons. The largest absolute Gasteiger partial charge is 0.353 e. The van der Waals surface area contributed by atoms with Gasteiger partial charge in [0, 0.05) is 18.0 Å². The molecule has 0 bridgehead atoms. The number of benzene rings is 1. The Balaban J connectivity index is 1.79. The average Bonchev–Trinajstić information content (AvgIpc) is 2.82. The van der Waals surface area contributed by atoms with Crippen molar-refractivity contribution in [3.63, 3.8) is 0 Å². The molecule has 1 aromatic carbocycles. The third-order valence-electron chi connectivity index (χ3n) is 3.64. The smallest absolute Gasteiger partial charge is 0.288 e. The van der Waals surface area contributed by atoms with E-state index in [9.17, 15) is 14.4 Å². The first-order chi connectivity index (χ1) is 10.9. The molecule has 0 aliphatic carbocycles. The Morgan fingerprint density at radius 1 is 1.35 bits per heavy atom. The van der Waals surface area contributed by atoms with Crippen molar-refractivity contribution in [2.75, 3.05) is 18.8 Å². The molecule has 1 atom stereocenters. The highest BCUT2D eigenvalue weighted by Crippen LogP contribution is 2.25. The fourth-order valence-corrected chi connectivity index (χ4v) is 3.82. The highest BCUT2D eigenvalue weighted by Gasteiger charge is 2.29. The van der Waals surface area contributed by atoms with Crippen LogP contribution in [0, 0.1) is 13.8 Å². The molecule has 1 aliphatic heterocycles. The summed E-state index contributed by atoms with van der Waals surface area (Å²) in [5.41, 5.74) is 2.43. The van der Waals surface area contributed by atoms with Gasteiger partial charge in [0.25, 0.3) is 5.24 Å². The van der Waals surface area contributed by atoms with Gasteiger partial charge in [0.1, 0.15) is 0 Å². The number of thioether (sulfide) groups is 2. The molecule has 7 heteroatoms. The Hall–Kier alpha value is -1.47. The second-order valence-corrected chi connectivity index (χ2v) is 7.74. The van der Waals surface area contributed by atoms with E-state index in [0.717, 1.165) is 16.7 Å². The summed E-state index contributed by atoms with van der Waals surface area (Å²) in [6, 6.07) is 6.13. The number of amides is 3. The zero-order valence-corrected chi connectivity index (χ0v) is 15.1. The van der Waals surface area contributed by atoms with Crippen LogP contribution in [0.2, 0.25) is 0 Å². The van der Waals surface area contributed by atoms with E-state index in [1.165, 1.54) is 27.8 Å². The molecule has 0 saturated carbocycles. The number of carbonyl (C=O) groups is 3. The maximum atomic E-state index is 12.1. The van der Waals surface area contributed by atoms with Gasteiger partial charge in [-0.3, -0.25) is 19.3 Å². The number of rotatable bonds is 6. The van der Waals surface area contributed by atoms with Crippen LogP contribution in [0.1, 0.15) is 18.1 Å². The number of nitrogens with one attached hydrogen (secondary N) is 1. The number of hydrogen-bond donors (Lipinski definition) is 1. The fraction of sp³-hybridized carbons (Fsp3) is 0.438. The van der Waals surface area contributed by atoms with Gasteiger partial charge in [-0.05, 0) is 44.0 Å². The van der Waals surface area contributed by atoms with Gasteiger partial charge in [0.05, 0.1) is 11.0 Å². The molecule has 1 fully saturated rings. The van der Waals surface area contributed by atoms with Crippen molar-refractivity contribution in [1.29, 1.82) is 0 Å². The minimum atomic E-state index is -0.239. The zero-order chi connectivity index (χ0) is 17.0. The summed E-state index contributed by atoms with van der Waals surface area (Å²) >= 11 is 2.50. The molecule has 3 amide bonds. The molecule has 0 aromatic heterocycles. The van der Waals surface area contributed by atoms with Crippen LogP contribution in [0.15, 0.2) is 23.1 Å². The Labute approximate surface area is 144 Å². The first-order valence-corrected chi connectivity index (χ1v) is 9.23. The van der Waals surface area contributed by atoms with E-state index in [1.807, 2.05) is 26.0 Å². The van der Waals surface area contributed by atoms with Gasteiger partial charge in [-0.25, -0.2) is 0 Å². The van der Waals surface area contributed by atoms with Crippen LogP contribution in [-0.2, 0) is 9.59 Å². The predicted octanol–water partition coefficient (Wildman–Crippen LogP) is 2.60. The second kappa shape index (κ2) is 7.88. The Bertz CT molecular complexity index is 618. The van der Waals surface area contributed by atoms with Crippen molar-refractivity contribution in [2.45, 2.75) is 30.9 Å². The molecular formula is C16H20N2O3S2. The van der Waals surface area contributed by atoms with Crippen molar-refractivity contribution >= 4 is 40.6 Å². The van der Waals surface area contributed by atoms with E-state index in [1.54, 1.807) is 0 Å².